The van der Waals surface area contributed by atoms with Crippen molar-refractivity contribution in [2.45, 2.75) is 19.3 Å². The summed E-state index contributed by atoms with van der Waals surface area (Å²) in [6.45, 7) is 2.00. The fourth-order valence-electron chi connectivity index (χ4n) is 3.56. The third kappa shape index (κ3) is 3.71. The van der Waals surface area contributed by atoms with Gasteiger partial charge in [-0.3, -0.25) is 9.20 Å². The van der Waals surface area contributed by atoms with Crippen molar-refractivity contribution in [3.63, 3.8) is 0 Å². The molecule has 7 nitrogen and oxygen atoms in total. The summed E-state index contributed by atoms with van der Waals surface area (Å²) < 4.78 is 1.99. The first-order valence-electron chi connectivity index (χ1n) is 9.69. The van der Waals surface area contributed by atoms with Crippen LogP contribution in [0.1, 0.15) is 29.8 Å². The van der Waals surface area contributed by atoms with E-state index in [9.17, 15) is 4.79 Å². The van der Waals surface area contributed by atoms with Gasteiger partial charge in [-0.15, -0.1) is 21.5 Å². The van der Waals surface area contributed by atoms with E-state index in [1.807, 2.05) is 52.5 Å². The zero-order valence-electron chi connectivity index (χ0n) is 15.8. The quantitative estimate of drug-likeness (QED) is 0.554. The molecule has 4 aromatic rings. The largest absolute Gasteiger partial charge is 0.355 e. The van der Waals surface area contributed by atoms with Gasteiger partial charge in [0.25, 0.3) is 5.91 Å². The van der Waals surface area contributed by atoms with E-state index in [2.05, 4.69) is 25.4 Å². The van der Waals surface area contributed by atoms with Crippen molar-refractivity contribution in [1.82, 2.24) is 19.6 Å². The molecule has 0 unspecified atom stereocenters. The summed E-state index contributed by atoms with van der Waals surface area (Å²) in [5.41, 5.74) is 2.83. The van der Waals surface area contributed by atoms with Crippen molar-refractivity contribution in [2.24, 2.45) is 0 Å². The lowest BCUT2D eigenvalue weighted by atomic mass is 10.1. The molecule has 1 aromatic carbocycles. The van der Waals surface area contributed by atoms with Gasteiger partial charge in [0.05, 0.1) is 5.69 Å². The Kier molecular flexibility index (Phi) is 4.69. The van der Waals surface area contributed by atoms with Crippen LogP contribution in [0.2, 0.25) is 0 Å². The van der Waals surface area contributed by atoms with Gasteiger partial charge in [-0.1, -0.05) is 12.1 Å². The molecule has 0 spiro atoms. The van der Waals surface area contributed by atoms with Crippen LogP contribution in [-0.2, 0) is 0 Å². The zero-order chi connectivity index (χ0) is 19.6. The average molecular weight is 404 g/mol. The first kappa shape index (κ1) is 17.8. The molecule has 8 heteroatoms. The Morgan fingerprint density at radius 3 is 2.76 bits per heavy atom. The molecule has 1 N–H and O–H groups in total. The Hall–Kier alpha value is -3.26. The van der Waals surface area contributed by atoms with Gasteiger partial charge in [-0.25, -0.2) is 4.98 Å². The number of anilines is 2. The number of imidazole rings is 1. The predicted octanol–water partition coefficient (Wildman–Crippen LogP) is 4.10. The molecule has 1 amide bonds. The first-order chi connectivity index (χ1) is 14.3. The second kappa shape index (κ2) is 7.63. The maximum absolute atomic E-state index is 12.6. The number of amides is 1. The number of piperidine rings is 1. The molecule has 0 radical (unpaired) electrons. The van der Waals surface area contributed by atoms with E-state index in [1.165, 1.54) is 19.3 Å². The van der Waals surface area contributed by atoms with Crippen molar-refractivity contribution in [2.75, 3.05) is 23.3 Å². The van der Waals surface area contributed by atoms with Gasteiger partial charge in [-0.2, -0.15) is 0 Å². The number of rotatable bonds is 4. The lowest BCUT2D eigenvalue weighted by molar-refractivity contribution is 0.102. The summed E-state index contributed by atoms with van der Waals surface area (Å²) in [5, 5.41) is 13.3. The minimum absolute atomic E-state index is 0.273. The van der Waals surface area contributed by atoms with E-state index >= 15 is 0 Å². The highest BCUT2D eigenvalue weighted by molar-refractivity contribution is 7.15. The molecule has 0 bridgehead atoms. The van der Waals surface area contributed by atoms with Gasteiger partial charge in [0.1, 0.15) is 0 Å². The van der Waals surface area contributed by atoms with E-state index in [0.29, 0.717) is 11.4 Å². The molecule has 146 valence electrons. The molecular weight excluding hydrogens is 384 g/mol. The lowest BCUT2D eigenvalue weighted by Gasteiger charge is -2.27. The maximum atomic E-state index is 12.6. The van der Waals surface area contributed by atoms with Crippen LogP contribution in [0.3, 0.4) is 0 Å². The van der Waals surface area contributed by atoms with Gasteiger partial charge in [0.15, 0.2) is 16.5 Å². The van der Waals surface area contributed by atoms with Crippen LogP contribution >= 0.6 is 11.3 Å². The normalized spacial score (nSPS) is 14.3. The van der Waals surface area contributed by atoms with Gasteiger partial charge in [0, 0.05) is 42.1 Å². The van der Waals surface area contributed by atoms with Crippen molar-refractivity contribution >= 4 is 33.7 Å². The van der Waals surface area contributed by atoms with Crippen LogP contribution in [0.4, 0.5) is 11.5 Å². The van der Waals surface area contributed by atoms with Gasteiger partial charge in [-0.05, 0) is 43.5 Å². The average Bonchev–Trinajstić information content (AvgIpc) is 3.37. The molecule has 1 aliphatic rings. The van der Waals surface area contributed by atoms with Gasteiger partial charge in [0.2, 0.25) is 0 Å². The van der Waals surface area contributed by atoms with Crippen molar-refractivity contribution in [1.29, 1.82) is 0 Å². The van der Waals surface area contributed by atoms with Crippen molar-refractivity contribution < 1.29 is 4.79 Å². The maximum Gasteiger partial charge on any atom is 0.276 e. The number of nitrogens with zero attached hydrogens (tertiary/aromatic N) is 5. The monoisotopic (exact) mass is 404 g/mol. The van der Waals surface area contributed by atoms with Crippen molar-refractivity contribution in [3.05, 3.63) is 59.9 Å². The number of thiazole rings is 1. The summed E-state index contributed by atoms with van der Waals surface area (Å²) in [6.07, 6.45) is 7.58. The number of nitrogens with one attached hydrogen (secondary N) is 1. The molecule has 1 saturated heterocycles. The van der Waals surface area contributed by atoms with Crippen LogP contribution in [0.15, 0.2) is 54.2 Å². The molecule has 4 heterocycles. The Bertz CT molecular complexity index is 1110. The summed E-state index contributed by atoms with van der Waals surface area (Å²) >= 11 is 1.59. The molecule has 0 saturated carbocycles. The molecule has 29 heavy (non-hydrogen) atoms. The lowest BCUT2D eigenvalue weighted by Crippen LogP contribution is -2.30. The van der Waals surface area contributed by atoms with E-state index in [-0.39, 0.29) is 5.91 Å². The predicted molar refractivity (Wildman–Crippen MR) is 115 cm³/mol. The Balaban J connectivity index is 1.31. The number of benzene rings is 1. The summed E-state index contributed by atoms with van der Waals surface area (Å²) in [5.74, 6) is 0.564. The van der Waals surface area contributed by atoms with Crippen molar-refractivity contribution in [3.8, 4) is 11.3 Å². The fourth-order valence-corrected chi connectivity index (χ4v) is 4.26. The van der Waals surface area contributed by atoms with Crippen LogP contribution < -0.4 is 10.2 Å². The van der Waals surface area contributed by atoms with E-state index in [0.717, 1.165) is 35.1 Å². The molecular formula is C21H20N6OS. The Morgan fingerprint density at radius 1 is 1.07 bits per heavy atom. The summed E-state index contributed by atoms with van der Waals surface area (Å²) in [4.78, 5) is 20.4. The zero-order valence-corrected chi connectivity index (χ0v) is 16.6. The Morgan fingerprint density at radius 2 is 1.97 bits per heavy atom. The summed E-state index contributed by atoms with van der Waals surface area (Å²) in [7, 11) is 0. The molecule has 3 aromatic heterocycles. The summed E-state index contributed by atoms with van der Waals surface area (Å²) in [6, 6.07) is 11.3. The third-order valence-corrected chi connectivity index (χ3v) is 5.84. The minimum atomic E-state index is -0.273. The SMILES string of the molecule is O=C(Nc1cccc(-c2cn3ccsc3n2)c1)c1ccc(N2CCCCC2)nn1. The number of fused-ring (bicyclic) bond motifs is 1. The Labute approximate surface area is 172 Å². The van der Waals surface area contributed by atoms with Crippen LogP contribution in [0.25, 0.3) is 16.2 Å². The third-order valence-electron chi connectivity index (χ3n) is 5.07. The number of aromatic nitrogens is 4. The highest BCUT2D eigenvalue weighted by Gasteiger charge is 2.15. The van der Waals surface area contributed by atoms with E-state index in [1.54, 1.807) is 17.4 Å². The molecule has 0 aliphatic carbocycles. The van der Waals surface area contributed by atoms with Crippen LogP contribution in [0, 0.1) is 0 Å². The topological polar surface area (TPSA) is 75.4 Å². The second-order valence-electron chi connectivity index (χ2n) is 7.08. The van der Waals surface area contributed by atoms with E-state index < -0.39 is 0 Å². The number of carbonyl (C=O) groups excluding carboxylic acids is 1. The minimum Gasteiger partial charge on any atom is -0.355 e. The molecule has 5 rings (SSSR count). The highest BCUT2D eigenvalue weighted by atomic mass is 32.1. The van der Waals surface area contributed by atoms with Gasteiger partial charge >= 0.3 is 0 Å². The van der Waals surface area contributed by atoms with Crippen LogP contribution in [-0.4, -0.2) is 38.6 Å². The smallest absolute Gasteiger partial charge is 0.276 e. The van der Waals surface area contributed by atoms with E-state index in [4.69, 9.17) is 0 Å². The number of carbonyl (C=O) groups is 1. The molecule has 0 atom stereocenters. The fraction of sp³-hybridized carbons (Fsp3) is 0.238. The molecule has 1 aliphatic heterocycles. The van der Waals surface area contributed by atoms with Gasteiger partial charge < -0.3 is 10.2 Å². The highest BCUT2D eigenvalue weighted by Crippen LogP contribution is 2.24. The second-order valence-corrected chi connectivity index (χ2v) is 7.95. The standard InChI is InChI=1S/C21H20N6OS/c28-20(17-7-8-19(25-24-17)26-9-2-1-3-10-26)22-16-6-4-5-15(13-16)18-14-27-11-12-29-21(27)23-18/h4-8,11-14H,1-3,9-10H2,(H,22,28). The molecule has 1 fully saturated rings. The number of hydrogen-bond donors (Lipinski definition) is 1. The number of hydrogen-bond acceptors (Lipinski definition) is 6. The van der Waals surface area contributed by atoms with Crippen LogP contribution in [0.5, 0.6) is 0 Å². The first-order valence-corrected chi connectivity index (χ1v) is 10.6.